The van der Waals surface area contributed by atoms with Gasteiger partial charge in [-0.25, -0.2) is 4.98 Å². The van der Waals surface area contributed by atoms with Crippen LogP contribution < -0.4 is 4.90 Å². The molecule has 7 nitrogen and oxygen atoms in total. The number of fused-ring (bicyclic) bond motifs is 1. The van der Waals surface area contributed by atoms with Gasteiger partial charge in [0.15, 0.2) is 0 Å². The fourth-order valence-corrected chi connectivity index (χ4v) is 3.48. The van der Waals surface area contributed by atoms with Crippen LogP contribution in [0.25, 0.3) is 22.4 Å². The molecule has 2 heterocycles. The molecule has 0 amide bonds. The van der Waals surface area contributed by atoms with Gasteiger partial charge in [0.2, 0.25) is 0 Å². The zero-order valence-electron chi connectivity index (χ0n) is 15.5. The van der Waals surface area contributed by atoms with E-state index in [0.29, 0.717) is 37.2 Å². The zero-order valence-corrected chi connectivity index (χ0v) is 15.5. The minimum atomic E-state index is -4.51. The van der Waals surface area contributed by atoms with E-state index in [1.54, 1.807) is 11.0 Å². The molecule has 1 aromatic heterocycles. The van der Waals surface area contributed by atoms with Crippen molar-refractivity contribution in [2.45, 2.75) is 6.18 Å². The summed E-state index contributed by atoms with van der Waals surface area (Å²) in [5.74, 6) is 0.232. The predicted octanol–water partition coefficient (Wildman–Crippen LogP) is 3.91. The molecule has 0 bridgehead atoms. The number of nitro groups is 1. The van der Waals surface area contributed by atoms with Crippen LogP contribution >= 0.6 is 0 Å². The van der Waals surface area contributed by atoms with Crippen LogP contribution in [0.4, 0.5) is 24.5 Å². The maximum Gasteiger partial charge on any atom is 0.418 e. The van der Waals surface area contributed by atoms with Crippen molar-refractivity contribution >= 4 is 22.4 Å². The van der Waals surface area contributed by atoms with Crippen LogP contribution in [-0.4, -0.2) is 53.0 Å². The van der Waals surface area contributed by atoms with E-state index in [1.165, 1.54) is 24.3 Å². The Hall–Kier alpha value is -3.14. The lowest BCUT2D eigenvalue weighted by Gasteiger charge is -2.35. The summed E-state index contributed by atoms with van der Waals surface area (Å²) in [4.78, 5) is 21.4. The quantitative estimate of drug-likeness (QED) is 0.528. The van der Waals surface area contributed by atoms with Crippen molar-refractivity contribution < 1.29 is 18.1 Å². The Kier molecular flexibility index (Phi) is 4.65. The molecule has 4 rings (SSSR count). The lowest BCUT2D eigenvalue weighted by atomic mass is 10.1. The van der Waals surface area contributed by atoms with Crippen molar-refractivity contribution in [1.29, 1.82) is 0 Å². The van der Waals surface area contributed by atoms with Crippen molar-refractivity contribution in [1.82, 2.24) is 14.9 Å². The van der Waals surface area contributed by atoms with Gasteiger partial charge in [0.05, 0.1) is 21.5 Å². The highest BCUT2D eigenvalue weighted by atomic mass is 19.4. The van der Waals surface area contributed by atoms with E-state index in [1.807, 2.05) is 7.05 Å². The Morgan fingerprint density at radius 3 is 2.48 bits per heavy atom. The third kappa shape index (κ3) is 3.75. The number of alkyl halides is 3. The first kappa shape index (κ1) is 19.2. The highest BCUT2D eigenvalue weighted by Crippen LogP contribution is 2.39. The number of imidazole rings is 1. The standard InChI is InChI=1S/C19H18F3N5O2/c1-25-6-8-26(9-7-25)17-5-2-12(10-14(17)19(20,21)22)18-23-15-4-3-13(27(28)29)11-16(15)24-18/h2-5,10-11H,6-9H2,1H3,(H,23,24). The minimum Gasteiger partial charge on any atom is -0.368 e. The van der Waals surface area contributed by atoms with Crippen molar-refractivity contribution in [3.05, 3.63) is 52.1 Å². The fraction of sp³-hybridized carbons (Fsp3) is 0.316. The van der Waals surface area contributed by atoms with Crippen LogP contribution in [-0.2, 0) is 6.18 Å². The van der Waals surface area contributed by atoms with E-state index in [4.69, 9.17) is 0 Å². The molecule has 10 heteroatoms. The summed E-state index contributed by atoms with van der Waals surface area (Å²) >= 11 is 0. The lowest BCUT2D eigenvalue weighted by molar-refractivity contribution is -0.384. The van der Waals surface area contributed by atoms with Gasteiger partial charge in [-0.3, -0.25) is 10.1 Å². The van der Waals surface area contributed by atoms with Crippen molar-refractivity contribution in [3.63, 3.8) is 0 Å². The molecule has 1 saturated heterocycles. The first-order valence-electron chi connectivity index (χ1n) is 9.01. The molecule has 0 unspecified atom stereocenters. The molecular weight excluding hydrogens is 387 g/mol. The van der Waals surface area contributed by atoms with Gasteiger partial charge in [-0.2, -0.15) is 13.2 Å². The third-order valence-corrected chi connectivity index (χ3v) is 5.10. The van der Waals surface area contributed by atoms with Gasteiger partial charge >= 0.3 is 6.18 Å². The Morgan fingerprint density at radius 1 is 1.10 bits per heavy atom. The molecular formula is C19H18F3N5O2. The molecule has 3 aromatic rings. The molecule has 1 fully saturated rings. The number of hydrogen-bond donors (Lipinski definition) is 1. The molecule has 1 aliphatic heterocycles. The number of rotatable bonds is 3. The number of hydrogen-bond acceptors (Lipinski definition) is 5. The summed E-state index contributed by atoms with van der Waals surface area (Å²) in [5.41, 5.74) is 0.422. The van der Waals surface area contributed by atoms with Crippen molar-refractivity contribution in [3.8, 4) is 11.4 Å². The van der Waals surface area contributed by atoms with Gasteiger partial charge in [0, 0.05) is 49.6 Å². The van der Waals surface area contributed by atoms with Crippen LogP contribution in [0.2, 0.25) is 0 Å². The molecule has 1 N–H and O–H groups in total. The Balaban J connectivity index is 1.75. The van der Waals surface area contributed by atoms with E-state index < -0.39 is 16.7 Å². The second-order valence-electron chi connectivity index (χ2n) is 7.06. The van der Waals surface area contributed by atoms with E-state index in [9.17, 15) is 23.3 Å². The number of H-pyrrole nitrogens is 1. The van der Waals surface area contributed by atoms with E-state index in [2.05, 4.69) is 14.9 Å². The maximum absolute atomic E-state index is 13.8. The Morgan fingerprint density at radius 2 is 1.83 bits per heavy atom. The average Bonchev–Trinajstić information content (AvgIpc) is 3.11. The number of nitro benzene ring substituents is 1. The fourth-order valence-electron chi connectivity index (χ4n) is 3.48. The summed E-state index contributed by atoms with van der Waals surface area (Å²) in [6.07, 6.45) is -4.51. The van der Waals surface area contributed by atoms with Crippen molar-refractivity contribution in [2.24, 2.45) is 0 Å². The number of likely N-dealkylation sites (N-methyl/N-ethyl adjacent to an activating group) is 1. The number of non-ortho nitro benzene ring substituents is 1. The van der Waals surface area contributed by atoms with E-state index in [0.717, 1.165) is 6.07 Å². The van der Waals surface area contributed by atoms with Crippen LogP contribution in [0.3, 0.4) is 0 Å². The number of aromatic amines is 1. The molecule has 152 valence electrons. The van der Waals surface area contributed by atoms with Gasteiger partial charge in [0.25, 0.3) is 5.69 Å². The van der Waals surface area contributed by atoms with Crippen LogP contribution in [0.15, 0.2) is 36.4 Å². The number of piperazine rings is 1. The van der Waals surface area contributed by atoms with Gasteiger partial charge < -0.3 is 14.8 Å². The molecule has 1 aliphatic rings. The van der Waals surface area contributed by atoms with Gasteiger partial charge in [-0.15, -0.1) is 0 Å². The largest absolute Gasteiger partial charge is 0.418 e. The second-order valence-corrected chi connectivity index (χ2v) is 7.06. The smallest absolute Gasteiger partial charge is 0.368 e. The van der Waals surface area contributed by atoms with Crippen LogP contribution in [0, 0.1) is 10.1 Å². The van der Waals surface area contributed by atoms with Crippen LogP contribution in [0.1, 0.15) is 5.56 Å². The van der Waals surface area contributed by atoms with Crippen LogP contribution in [0.5, 0.6) is 0 Å². The maximum atomic E-state index is 13.8. The topological polar surface area (TPSA) is 78.3 Å². The van der Waals surface area contributed by atoms with Gasteiger partial charge in [-0.1, -0.05) is 0 Å². The Bertz CT molecular complexity index is 1070. The number of nitrogens with one attached hydrogen (secondary N) is 1. The molecule has 0 radical (unpaired) electrons. The molecule has 2 aromatic carbocycles. The second kappa shape index (κ2) is 7.03. The SMILES string of the molecule is CN1CCN(c2ccc(-c3nc4cc([N+](=O)[O-])ccc4[nH]3)cc2C(F)(F)F)CC1. The summed E-state index contributed by atoms with van der Waals surface area (Å²) in [5, 5.41) is 10.9. The predicted molar refractivity (Wildman–Crippen MR) is 103 cm³/mol. The molecule has 0 saturated carbocycles. The molecule has 0 aliphatic carbocycles. The molecule has 29 heavy (non-hydrogen) atoms. The first-order valence-corrected chi connectivity index (χ1v) is 9.01. The Labute approximate surface area is 163 Å². The molecule has 0 atom stereocenters. The van der Waals surface area contributed by atoms with E-state index in [-0.39, 0.29) is 22.8 Å². The zero-order chi connectivity index (χ0) is 20.8. The highest BCUT2D eigenvalue weighted by Gasteiger charge is 2.36. The normalized spacial score (nSPS) is 15.8. The highest BCUT2D eigenvalue weighted by molar-refractivity contribution is 5.82. The third-order valence-electron chi connectivity index (χ3n) is 5.10. The molecule has 0 spiro atoms. The average molecular weight is 405 g/mol. The number of nitrogens with zero attached hydrogens (tertiary/aromatic N) is 4. The van der Waals surface area contributed by atoms with E-state index >= 15 is 0 Å². The van der Waals surface area contributed by atoms with Gasteiger partial charge in [-0.05, 0) is 31.3 Å². The summed E-state index contributed by atoms with van der Waals surface area (Å²) < 4.78 is 41.3. The minimum absolute atomic E-state index is 0.128. The van der Waals surface area contributed by atoms with Crippen molar-refractivity contribution in [2.75, 3.05) is 38.1 Å². The summed E-state index contributed by atoms with van der Waals surface area (Å²) in [7, 11) is 1.94. The number of benzene rings is 2. The lowest BCUT2D eigenvalue weighted by Crippen LogP contribution is -2.45. The number of halogens is 3. The first-order chi connectivity index (χ1) is 13.7. The summed E-state index contributed by atoms with van der Waals surface area (Å²) in [6.45, 7) is 2.43. The number of aromatic nitrogens is 2. The number of anilines is 1. The van der Waals surface area contributed by atoms with Gasteiger partial charge in [0.1, 0.15) is 5.82 Å². The monoisotopic (exact) mass is 405 g/mol. The summed E-state index contributed by atoms with van der Waals surface area (Å²) in [6, 6.07) is 8.25.